The lowest BCUT2D eigenvalue weighted by molar-refractivity contribution is -0.141. The summed E-state index contributed by atoms with van der Waals surface area (Å²) in [4.78, 5) is 26.6. The Hall–Kier alpha value is -3.74. The molecule has 1 aliphatic carbocycles. The van der Waals surface area contributed by atoms with E-state index in [0.717, 1.165) is 11.3 Å². The fraction of sp³-hybridized carbons (Fsp3) is 0.333. The normalized spacial score (nSPS) is 19.5. The van der Waals surface area contributed by atoms with Crippen LogP contribution in [0.15, 0.2) is 65.5 Å². The Morgan fingerprint density at radius 2 is 1.68 bits per heavy atom. The summed E-state index contributed by atoms with van der Waals surface area (Å²) in [6.45, 7) is 1.97. The highest BCUT2D eigenvalue weighted by Crippen LogP contribution is 2.48. The van der Waals surface area contributed by atoms with Gasteiger partial charge in [-0.3, -0.25) is 4.79 Å². The lowest BCUT2D eigenvalue weighted by Crippen LogP contribution is -2.40. The molecular weight excluding hydrogens is 434 g/mol. The highest BCUT2D eigenvalue weighted by atomic mass is 16.5. The number of carbonyl (C=O) groups excluding carboxylic acids is 2. The minimum Gasteiger partial charge on any atom is -0.493 e. The number of ketones is 1. The van der Waals surface area contributed by atoms with Crippen molar-refractivity contribution < 1.29 is 28.5 Å². The molecule has 0 saturated heterocycles. The summed E-state index contributed by atoms with van der Waals surface area (Å²) < 4.78 is 22.3. The Bertz CT molecular complexity index is 1130. The van der Waals surface area contributed by atoms with E-state index in [0.29, 0.717) is 46.9 Å². The second-order valence-corrected chi connectivity index (χ2v) is 8.30. The molecule has 1 heterocycles. The molecule has 2 atom stereocenters. The zero-order valence-electron chi connectivity index (χ0n) is 19.8. The molecule has 0 saturated carbocycles. The van der Waals surface area contributed by atoms with Crippen LogP contribution in [-0.2, 0) is 20.9 Å². The van der Waals surface area contributed by atoms with Crippen LogP contribution in [0.25, 0.3) is 0 Å². The zero-order valence-corrected chi connectivity index (χ0v) is 19.8. The van der Waals surface area contributed by atoms with Crippen molar-refractivity contribution in [1.29, 1.82) is 0 Å². The predicted molar refractivity (Wildman–Crippen MR) is 127 cm³/mol. The minimum absolute atomic E-state index is 0.0737. The second-order valence-electron chi connectivity index (χ2n) is 8.30. The zero-order chi connectivity index (χ0) is 24.2. The third kappa shape index (κ3) is 4.38. The van der Waals surface area contributed by atoms with Crippen LogP contribution >= 0.6 is 0 Å². The van der Waals surface area contributed by atoms with Gasteiger partial charge >= 0.3 is 5.97 Å². The summed E-state index contributed by atoms with van der Waals surface area (Å²) in [5, 5.41) is 3.29. The molecule has 34 heavy (non-hydrogen) atoms. The number of rotatable bonds is 7. The summed E-state index contributed by atoms with van der Waals surface area (Å²) in [7, 11) is 4.61. The van der Waals surface area contributed by atoms with E-state index in [1.54, 1.807) is 12.1 Å². The Kier molecular flexibility index (Phi) is 6.91. The standard InChI is InChI=1S/C27H29NO6/c1-16-23(27(30)34-15-17-9-6-5-7-10-17)24(25-19(28-16)11-8-12-20(25)29)18-13-21(31-2)26(33-4)22(14-18)32-3/h5-7,9-11,13-14,24-25,28H,8,12,15H2,1-4H3. The van der Waals surface area contributed by atoms with Crippen molar-refractivity contribution in [2.75, 3.05) is 21.3 Å². The Morgan fingerprint density at radius 1 is 1.00 bits per heavy atom. The third-order valence-corrected chi connectivity index (χ3v) is 6.30. The molecule has 0 radical (unpaired) electrons. The number of carbonyl (C=O) groups is 2. The summed E-state index contributed by atoms with van der Waals surface area (Å²) in [5.41, 5.74) is 3.49. The first-order chi connectivity index (χ1) is 16.5. The van der Waals surface area contributed by atoms with E-state index < -0.39 is 17.8 Å². The topological polar surface area (TPSA) is 83.1 Å². The molecule has 178 valence electrons. The fourth-order valence-electron chi connectivity index (χ4n) is 4.72. The number of benzene rings is 2. The fourth-order valence-corrected chi connectivity index (χ4v) is 4.72. The van der Waals surface area contributed by atoms with Crippen LogP contribution in [0.5, 0.6) is 17.2 Å². The van der Waals surface area contributed by atoms with E-state index in [-0.39, 0.29) is 12.4 Å². The number of methoxy groups -OCH3 is 3. The number of Topliss-reactive ketones (excluding diaryl/α,β-unsaturated/α-hetero) is 1. The van der Waals surface area contributed by atoms with Gasteiger partial charge in [0.05, 0.1) is 32.8 Å². The molecule has 7 nitrogen and oxygen atoms in total. The third-order valence-electron chi connectivity index (χ3n) is 6.30. The number of fused-ring (bicyclic) bond motifs is 1. The first-order valence-electron chi connectivity index (χ1n) is 11.2. The lowest BCUT2D eigenvalue weighted by Gasteiger charge is -2.38. The number of ether oxygens (including phenoxy) is 4. The molecule has 0 amide bonds. The van der Waals surface area contributed by atoms with Crippen LogP contribution in [0.3, 0.4) is 0 Å². The molecule has 0 aromatic heterocycles. The molecule has 4 rings (SSSR count). The van der Waals surface area contributed by atoms with Gasteiger partial charge in [0, 0.05) is 23.7 Å². The average molecular weight is 464 g/mol. The number of allylic oxidation sites excluding steroid dienone is 3. The number of hydrogen-bond donors (Lipinski definition) is 1. The number of nitrogens with one attached hydrogen (secondary N) is 1. The summed E-state index contributed by atoms with van der Waals surface area (Å²) in [6.07, 6.45) is 3.12. The van der Waals surface area contributed by atoms with Gasteiger partial charge in [-0.1, -0.05) is 36.4 Å². The molecule has 0 bridgehead atoms. The lowest BCUT2D eigenvalue weighted by atomic mass is 9.71. The van der Waals surface area contributed by atoms with Gasteiger partial charge in [0.2, 0.25) is 5.75 Å². The highest BCUT2D eigenvalue weighted by molar-refractivity contribution is 5.96. The van der Waals surface area contributed by atoms with Crippen molar-refractivity contribution in [2.24, 2.45) is 5.92 Å². The van der Waals surface area contributed by atoms with Gasteiger partial charge < -0.3 is 24.3 Å². The summed E-state index contributed by atoms with van der Waals surface area (Å²) in [5.74, 6) is -0.119. The molecule has 2 unspecified atom stereocenters. The van der Waals surface area contributed by atoms with Gasteiger partial charge in [0.15, 0.2) is 11.5 Å². The maximum Gasteiger partial charge on any atom is 0.336 e. The molecule has 0 fully saturated rings. The molecule has 2 aromatic rings. The van der Waals surface area contributed by atoms with Crippen molar-refractivity contribution in [1.82, 2.24) is 5.32 Å². The molecule has 1 N–H and O–H groups in total. The van der Waals surface area contributed by atoms with E-state index in [9.17, 15) is 9.59 Å². The predicted octanol–water partition coefficient (Wildman–Crippen LogP) is 4.28. The van der Waals surface area contributed by atoms with Crippen LogP contribution in [0.2, 0.25) is 0 Å². The molecule has 0 spiro atoms. The van der Waals surface area contributed by atoms with Crippen LogP contribution in [-0.4, -0.2) is 33.1 Å². The first-order valence-corrected chi connectivity index (χ1v) is 11.2. The van der Waals surface area contributed by atoms with Crippen molar-refractivity contribution in [2.45, 2.75) is 32.3 Å². The largest absolute Gasteiger partial charge is 0.493 e. The smallest absolute Gasteiger partial charge is 0.336 e. The molecule has 2 aliphatic rings. The van der Waals surface area contributed by atoms with Crippen molar-refractivity contribution >= 4 is 11.8 Å². The highest BCUT2D eigenvalue weighted by Gasteiger charge is 2.44. The van der Waals surface area contributed by atoms with Crippen molar-refractivity contribution in [3.63, 3.8) is 0 Å². The van der Waals surface area contributed by atoms with Crippen LogP contribution in [0.1, 0.15) is 36.8 Å². The van der Waals surface area contributed by atoms with Gasteiger partial charge in [-0.15, -0.1) is 0 Å². The average Bonchev–Trinajstić information content (AvgIpc) is 2.86. The maximum atomic E-state index is 13.4. The van der Waals surface area contributed by atoms with Gasteiger partial charge in [-0.25, -0.2) is 4.79 Å². The molecule has 1 aliphatic heterocycles. The van der Waals surface area contributed by atoms with Gasteiger partial charge in [0.1, 0.15) is 12.4 Å². The monoisotopic (exact) mass is 463 g/mol. The van der Waals surface area contributed by atoms with E-state index in [1.165, 1.54) is 21.3 Å². The summed E-state index contributed by atoms with van der Waals surface area (Å²) in [6, 6.07) is 13.1. The molecular formula is C27H29NO6. The quantitative estimate of drug-likeness (QED) is 0.614. The molecule has 2 aromatic carbocycles. The van der Waals surface area contributed by atoms with Crippen molar-refractivity contribution in [3.05, 3.63) is 76.6 Å². The Labute approximate surface area is 199 Å². The van der Waals surface area contributed by atoms with Crippen LogP contribution < -0.4 is 19.5 Å². The van der Waals surface area contributed by atoms with Crippen LogP contribution in [0, 0.1) is 5.92 Å². The Balaban J connectivity index is 1.80. The van der Waals surface area contributed by atoms with Crippen molar-refractivity contribution in [3.8, 4) is 17.2 Å². The first kappa shape index (κ1) is 23.4. The number of hydrogen-bond acceptors (Lipinski definition) is 7. The van der Waals surface area contributed by atoms with Gasteiger partial charge in [-0.2, -0.15) is 0 Å². The Morgan fingerprint density at radius 3 is 2.29 bits per heavy atom. The van der Waals surface area contributed by atoms with E-state index in [2.05, 4.69) is 5.32 Å². The van der Waals surface area contributed by atoms with E-state index in [4.69, 9.17) is 18.9 Å². The minimum atomic E-state index is -0.558. The van der Waals surface area contributed by atoms with Crippen LogP contribution in [0.4, 0.5) is 0 Å². The van der Waals surface area contributed by atoms with E-state index in [1.807, 2.05) is 43.3 Å². The van der Waals surface area contributed by atoms with E-state index >= 15 is 0 Å². The molecule has 7 heteroatoms. The SMILES string of the molecule is COc1cc(C2C(C(=O)OCc3ccccc3)=C(C)NC3=CCCC(=O)C32)cc(OC)c1OC. The maximum absolute atomic E-state index is 13.4. The number of esters is 1. The van der Waals surface area contributed by atoms with Gasteiger partial charge in [0.25, 0.3) is 0 Å². The van der Waals surface area contributed by atoms with Gasteiger partial charge in [-0.05, 0) is 36.6 Å². The summed E-state index contributed by atoms with van der Waals surface area (Å²) >= 11 is 0. The second kappa shape index (κ2) is 10.0.